The van der Waals surface area contributed by atoms with Gasteiger partial charge in [0.05, 0.1) is 11.6 Å². The Morgan fingerprint density at radius 1 is 1.25 bits per heavy atom. The first kappa shape index (κ1) is 16.7. The van der Waals surface area contributed by atoms with Crippen LogP contribution in [0.1, 0.15) is 32.3 Å². The van der Waals surface area contributed by atoms with Crippen LogP contribution >= 0.6 is 0 Å². The maximum atomic E-state index is 12.7. The number of nitriles is 1. The predicted molar refractivity (Wildman–Crippen MR) is 92.6 cm³/mol. The molecule has 0 spiro atoms. The van der Waals surface area contributed by atoms with Crippen molar-refractivity contribution in [2.45, 2.75) is 38.8 Å². The number of nitrogens with zero attached hydrogens (tertiary/aromatic N) is 5. The largest absolute Gasteiger partial charge is 0.353 e. The van der Waals surface area contributed by atoms with Gasteiger partial charge in [-0.2, -0.15) is 5.26 Å². The lowest BCUT2D eigenvalue weighted by Crippen LogP contribution is -2.58. The van der Waals surface area contributed by atoms with Crippen molar-refractivity contribution in [1.82, 2.24) is 14.8 Å². The molecule has 1 aromatic heterocycles. The van der Waals surface area contributed by atoms with E-state index >= 15 is 0 Å². The second kappa shape index (κ2) is 7.18. The highest BCUT2D eigenvalue weighted by Crippen LogP contribution is 2.23. The third-order valence-corrected chi connectivity index (χ3v) is 5.03. The summed E-state index contributed by atoms with van der Waals surface area (Å²) in [5, 5.41) is 9.24. The third-order valence-electron chi connectivity index (χ3n) is 5.03. The van der Waals surface area contributed by atoms with Gasteiger partial charge in [-0.1, -0.05) is 0 Å². The SMILES string of the molecule is CC(C)N1CCCC(N2CCN(c3ncccc3C#N)CC2)C1=O. The summed E-state index contributed by atoms with van der Waals surface area (Å²) in [5.41, 5.74) is 0.616. The summed E-state index contributed by atoms with van der Waals surface area (Å²) in [6.45, 7) is 8.33. The first-order valence-corrected chi connectivity index (χ1v) is 8.76. The summed E-state index contributed by atoms with van der Waals surface area (Å²) in [6.07, 6.45) is 3.76. The van der Waals surface area contributed by atoms with Crippen LogP contribution < -0.4 is 4.90 Å². The Labute approximate surface area is 143 Å². The van der Waals surface area contributed by atoms with E-state index < -0.39 is 0 Å². The van der Waals surface area contributed by atoms with Gasteiger partial charge in [0.2, 0.25) is 5.91 Å². The molecule has 2 saturated heterocycles. The molecule has 3 rings (SSSR count). The molecule has 6 nitrogen and oxygen atoms in total. The zero-order valence-electron chi connectivity index (χ0n) is 14.5. The van der Waals surface area contributed by atoms with E-state index in [1.165, 1.54) is 0 Å². The van der Waals surface area contributed by atoms with Crippen LogP contribution in [-0.4, -0.2) is 65.5 Å². The summed E-state index contributed by atoms with van der Waals surface area (Å²) < 4.78 is 0. The number of carbonyl (C=O) groups excluding carboxylic acids is 1. The van der Waals surface area contributed by atoms with Gasteiger partial charge in [0, 0.05) is 45.0 Å². The average molecular weight is 327 g/mol. The Kier molecular flexibility index (Phi) is 5.00. The van der Waals surface area contributed by atoms with E-state index in [2.05, 4.69) is 34.7 Å². The number of carbonyl (C=O) groups is 1. The van der Waals surface area contributed by atoms with E-state index in [1.54, 1.807) is 18.3 Å². The molecule has 1 unspecified atom stereocenters. The van der Waals surface area contributed by atoms with E-state index in [4.69, 9.17) is 0 Å². The van der Waals surface area contributed by atoms with Crippen molar-refractivity contribution in [1.29, 1.82) is 5.26 Å². The fourth-order valence-corrected chi connectivity index (χ4v) is 3.71. The van der Waals surface area contributed by atoms with Gasteiger partial charge >= 0.3 is 0 Å². The van der Waals surface area contributed by atoms with Crippen LogP contribution in [0.3, 0.4) is 0 Å². The van der Waals surface area contributed by atoms with Gasteiger partial charge in [-0.05, 0) is 38.8 Å². The number of anilines is 1. The fourth-order valence-electron chi connectivity index (χ4n) is 3.71. The topological polar surface area (TPSA) is 63.5 Å². The molecular formula is C18H25N5O. The van der Waals surface area contributed by atoms with Crippen molar-refractivity contribution in [2.24, 2.45) is 0 Å². The smallest absolute Gasteiger partial charge is 0.240 e. The quantitative estimate of drug-likeness (QED) is 0.841. The lowest BCUT2D eigenvalue weighted by molar-refractivity contribution is -0.142. The second-order valence-corrected chi connectivity index (χ2v) is 6.79. The molecule has 3 heterocycles. The van der Waals surface area contributed by atoms with E-state index in [9.17, 15) is 10.1 Å². The molecule has 0 bridgehead atoms. The van der Waals surface area contributed by atoms with Gasteiger partial charge in [-0.3, -0.25) is 9.69 Å². The van der Waals surface area contributed by atoms with Crippen molar-refractivity contribution in [3.8, 4) is 6.07 Å². The van der Waals surface area contributed by atoms with Gasteiger partial charge in [0.25, 0.3) is 0 Å². The highest BCUT2D eigenvalue weighted by Gasteiger charge is 2.35. The molecule has 0 N–H and O–H groups in total. The van der Waals surface area contributed by atoms with Gasteiger partial charge in [-0.15, -0.1) is 0 Å². The van der Waals surface area contributed by atoms with Crippen LogP contribution in [0.4, 0.5) is 5.82 Å². The number of rotatable bonds is 3. The van der Waals surface area contributed by atoms with E-state index in [0.717, 1.165) is 51.4 Å². The molecule has 24 heavy (non-hydrogen) atoms. The minimum atomic E-state index is 0.0162. The zero-order chi connectivity index (χ0) is 17.1. The van der Waals surface area contributed by atoms with Crippen LogP contribution in [0.2, 0.25) is 0 Å². The predicted octanol–water partition coefficient (Wildman–Crippen LogP) is 1.47. The van der Waals surface area contributed by atoms with E-state index in [1.807, 2.05) is 4.90 Å². The van der Waals surface area contributed by atoms with Crippen molar-refractivity contribution in [3.63, 3.8) is 0 Å². The normalized spacial score (nSPS) is 22.8. The number of piperidine rings is 1. The number of pyridine rings is 1. The monoisotopic (exact) mass is 327 g/mol. The summed E-state index contributed by atoms with van der Waals surface area (Å²) in [4.78, 5) is 23.6. The summed E-state index contributed by atoms with van der Waals surface area (Å²) in [7, 11) is 0. The van der Waals surface area contributed by atoms with Gasteiger partial charge in [0.1, 0.15) is 11.9 Å². The highest BCUT2D eigenvalue weighted by molar-refractivity contribution is 5.83. The molecule has 2 aliphatic heterocycles. The second-order valence-electron chi connectivity index (χ2n) is 6.79. The minimum Gasteiger partial charge on any atom is -0.353 e. The first-order chi connectivity index (χ1) is 11.6. The van der Waals surface area contributed by atoms with Crippen molar-refractivity contribution in [3.05, 3.63) is 23.9 Å². The minimum absolute atomic E-state index is 0.0162. The van der Waals surface area contributed by atoms with Crippen LogP contribution in [0.25, 0.3) is 0 Å². The first-order valence-electron chi connectivity index (χ1n) is 8.76. The van der Waals surface area contributed by atoms with E-state index in [0.29, 0.717) is 5.56 Å². The van der Waals surface area contributed by atoms with Crippen molar-refractivity contribution >= 4 is 11.7 Å². The highest BCUT2D eigenvalue weighted by atomic mass is 16.2. The van der Waals surface area contributed by atoms with Crippen LogP contribution in [0, 0.1) is 11.3 Å². The fraction of sp³-hybridized carbons (Fsp3) is 0.611. The van der Waals surface area contributed by atoms with Gasteiger partial charge in [-0.25, -0.2) is 4.98 Å². The summed E-state index contributed by atoms with van der Waals surface area (Å²) in [6, 6.07) is 6.10. The van der Waals surface area contributed by atoms with Crippen molar-refractivity contribution < 1.29 is 4.79 Å². The molecule has 6 heteroatoms. The number of hydrogen-bond donors (Lipinski definition) is 0. The van der Waals surface area contributed by atoms with Crippen LogP contribution in [0.5, 0.6) is 0 Å². The Hall–Kier alpha value is -2.13. The molecule has 0 saturated carbocycles. The van der Waals surface area contributed by atoms with Crippen LogP contribution in [-0.2, 0) is 4.79 Å². The number of aromatic nitrogens is 1. The molecular weight excluding hydrogens is 302 g/mol. The lowest BCUT2D eigenvalue weighted by Gasteiger charge is -2.43. The molecule has 1 atom stereocenters. The molecule has 1 amide bonds. The third kappa shape index (κ3) is 3.22. The molecule has 0 aliphatic carbocycles. The standard InChI is InChI=1S/C18H25N5O/c1-14(2)23-8-4-6-16(18(23)24)21-9-11-22(12-10-21)17-15(13-19)5-3-7-20-17/h3,5,7,14,16H,4,6,8-12H2,1-2H3. The number of likely N-dealkylation sites (tertiary alicyclic amines) is 1. The Morgan fingerprint density at radius 2 is 2.00 bits per heavy atom. The average Bonchev–Trinajstić information content (AvgIpc) is 2.62. The Morgan fingerprint density at radius 3 is 2.67 bits per heavy atom. The number of piperazine rings is 1. The number of hydrogen-bond acceptors (Lipinski definition) is 5. The lowest BCUT2D eigenvalue weighted by atomic mass is 10.0. The molecule has 1 aromatic rings. The maximum Gasteiger partial charge on any atom is 0.240 e. The zero-order valence-corrected chi connectivity index (χ0v) is 14.5. The molecule has 2 fully saturated rings. The molecule has 128 valence electrons. The molecule has 0 aromatic carbocycles. The van der Waals surface area contributed by atoms with Gasteiger partial charge in [0.15, 0.2) is 0 Å². The molecule has 2 aliphatic rings. The maximum absolute atomic E-state index is 12.7. The van der Waals surface area contributed by atoms with Gasteiger partial charge < -0.3 is 9.80 Å². The Balaban J connectivity index is 1.65. The summed E-state index contributed by atoms with van der Waals surface area (Å²) >= 11 is 0. The summed E-state index contributed by atoms with van der Waals surface area (Å²) in [5.74, 6) is 1.04. The number of amides is 1. The molecule has 0 radical (unpaired) electrons. The van der Waals surface area contributed by atoms with Crippen LogP contribution in [0.15, 0.2) is 18.3 Å². The Bertz CT molecular complexity index is 631. The van der Waals surface area contributed by atoms with E-state index in [-0.39, 0.29) is 18.0 Å². The van der Waals surface area contributed by atoms with Crippen molar-refractivity contribution in [2.75, 3.05) is 37.6 Å².